The maximum atomic E-state index is 13.7. The number of rotatable bonds is 12. The lowest BCUT2D eigenvalue weighted by Gasteiger charge is -2.27. The van der Waals surface area contributed by atoms with Gasteiger partial charge in [-0.15, -0.1) is 0 Å². The second-order valence-electron chi connectivity index (χ2n) is 6.58. The van der Waals surface area contributed by atoms with Gasteiger partial charge >= 0.3 is 8.80 Å². The lowest BCUT2D eigenvalue weighted by molar-refractivity contribution is -0.150. The van der Waals surface area contributed by atoms with Gasteiger partial charge in [-0.05, 0) is 30.9 Å². The van der Waals surface area contributed by atoms with E-state index in [1.54, 1.807) is 20.8 Å². The van der Waals surface area contributed by atoms with Crippen LogP contribution in [-0.4, -0.2) is 26.7 Å². The molecule has 0 spiro atoms. The molecular formula is C20H27F3O6Si. The first-order valence-corrected chi connectivity index (χ1v) is 11.9. The van der Waals surface area contributed by atoms with E-state index in [1.807, 2.05) is 0 Å². The first kappa shape index (κ1) is 25.7. The zero-order chi connectivity index (χ0) is 22.7. The standard InChI is InChI=1S/C20H27F3O6Si/c1-4-18(24)27-30(28-19(25)5-2,29-20(26)6-3)11-9-7-8-10-14-12-16(22)17(23)13-15(14)21/h12-13H,4-11H2,1-3H3. The fourth-order valence-electron chi connectivity index (χ4n) is 2.54. The Morgan fingerprint density at radius 2 is 1.20 bits per heavy atom. The van der Waals surface area contributed by atoms with Gasteiger partial charge in [0, 0.05) is 25.3 Å². The van der Waals surface area contributed by atoms with E-state index in [4.69, 9.17) is 13.3 Å². The molecule has 0 unspecified atom stereocenters. The van der Waals surface area contributed by atoms with Gasteiger partial charge in [-0.2, -0.15) is 0 Å². The molecule has 168 valence electrons. The van der Waals surface area contributed by atoms with Crippen LogP contribution >= 0.6 is 0 Å². The number of carbonyl (C=O) groups excluding carboxylic acids is 3. The first-order chi connectivity index (χ1) is 14.2. The van der Waals surface area contributed by atoms with Crippen LogP contribution in [0.3, 0.4) is 0 Å². The minimum atomic E-state index is -3.94. The number of halogens is 3. The monoisotopic (exact) mass is 448 g/mol. The molecule has 0 aromatic heterocycles. The molecule has 30 heavy (non-hydrogen) atoms. The normalized spacial score (nSPS) is 11.1. The topological polar surface area (TPSA) is 78.9 Å². The van der Waals surface area contributed by atoms with Crippen molar-refractivity contribution in [3.8, 4) is 0 Å². The molecule has 1 rings (SSSR count). The van der Waals surface area contributed by atoms with E-state index in [-0.39, 0.29) is 37.3 Å². The van der Waals surface area contributed by atoms with Crippen molar-refractivity contribution >= 4 is 26.7 Å². The molecule has 0 saturated carbocycles. The molecule has 0 aliphatic rings. The molecular weight excluding hydrogens is 421 g/mol. The quantitative estimate of drug-likeness (QED) is 0.264. The van der Waals surface area contributed by atoms with Crippen LogP contribution in [0.4, 0.5) is 13.2 Å². The summed E-state index contributed by atoms with van der Waals surface area (Å²) < 4.78 is 55.9. The highest BCUT2D eigenvalue weighted by molar-refractivity contribution is 6.65. The van der Waals surface area contributed by atoms with Gasteiger partial charge in [0.15, 0.2) is 11.6 Å². The SMILES string of the molecule is CCC(=O)O[Si](CCCCCc1cc(F)c(F)cc1F)(OC(=O)CC)OC(=O)CC. The lowest BCUT2D eigenvalue weighted by atomic mass is 10.1. The van der Waals surface area contributed by atoms with Crippen molar-refractivity contribution in [3.05, 3.63) is 35.1 Å². The summed E-state index contributed by atoms with van der Waals surface area (Å²) in [6.07, 6.45) is 1.42. The van der Waals surface area contributed by atoms with Gasteiger partial charge in [-0.25, -0.2) is 13.2 Å². The molecule has 1 aromatic rings. The van der Waals surface area contributed by atoms with E-state index in [1.165, 1.54) is 0 Å². The van der Waals surface area contributed by atoms with E-state index >= 15 is 0 Å². The molecule has 0 radical (unpaired) electrons. The van der Waals surface area contributed by atoms with Gasteiger partial charge in [0.2, 0.25) is 0 Å². The average Bonchev–Trinajstić information content (AvgIpc) is 2.70. The molecule has 0 fully saturated rings. The summed E-state index contributed by atoms with van der Waals surface area (Å²) >= 11 is 0. The fraction of sp³-hybridized carbons (Fsp3) is 0.550. The van der Waals surface area contributed by atoms with E-state index < -0.39 is 44.2 Å². The highest BCUT2D eigenvalue weighted by atomic mass is 28.4. The van der Waals surface area contributed by atoms with Crippen molar-refractivity contribution in [2.75, 3.05) is 0 Å². The molecule has 0 aliphatic carbocycles. The Kier molecular flexibility index (Phi) is 10.6. The molecule has 6 nitrogen and oxygen atoms in total. The predicted molar refractivity (Wildman–Crippen MR) is 104 cm³/mol. The van der Waals surface area contributed by atoms with Crippen LogP contribution in [0.25, 0.3) is 0 Å². The number of hydrogen-bond donors (Lipinski definition) is 0. The number of aryl methyl sites for hydroxylation is 1. The van der Waals surface area contributed by atoms with E-state index in [0.717, 1.165) is 6.07 Å². The zero-order valence-corrected chi connectivity index (χ0v) is 18.4. The van der Waals surface area contributed by atoms with Crippen molar-refractivity contribution < 1.29 is 40.8 Å². The van der Waals surface area contributed by atoms with E-state index in [9.17, 15) is 27.6 Å². The Balaban J connectivity index is 2.79. The van der Waals surface area contributed by atoms with Crippen molar-refractivity contribution in [2.24, 2.45) is 0 Å². The van der Waals surface area contributed by atoms with Crippen LogP contribution in [0.15, 0.2) is 12.1 Å². The summed E-state index contributed by atoms with van der Waals surface area (Å²) in [5, 5.41) is 0. The van der Waals surface area contributed by atoms with Crippen molar-refractivity contribution in [2.45, 2.75) is 71.8 Å². The molecule has 0 N–H and O–H groups in total. The van der Waals surface area contributed by atoms with Crippen LogP contribution in [0.2, 0.25) is 6.04 Å². The highest BCUT2D eigenvalue weighted by Gasteiger charge is 2.52. The Labute approximate surface area is 175 Å². The number of benzene rings is 1. The number of unbranched alkanes of at least 4 members (excludes halogenated alkanes) is 2. The summed E-state index contributed by atoms with van der Waals surface area (Å²) in [5.41, 5.74) is 0.0460. The maximum Gasteiger partial charge on any atom is 0.705 e. The first-order valence-electron chi connectivity index (χ1n) is 9.95. The summed E-state index contributed by atoms with van der Waals surface area (Å²) in [4.78, 5) is 35.6. The van der Waals surface area contributed by atoms with Crippen LogP contribution in [0.1, 0.15) is 64.9 Å². The highest BCUT2D eigenvalue weighted by Crippen LogP contribution is 2.23. The van der Waals surface area contributed by atoms with Crippen LogP contribution in [-0.2, 0) is 34.1 Å². The predicted octanol–water partition coefficient (Wildman–Crippen LogP) is 4.62. The summed E-state index contributed by atoms with van der Waals surface area (Å²) in [6, 6.07) is 1.34. The van der Waals surface area contributed by atoms with E-state index in [0.29, 0.717) is 25.3 Å². The second-order valence-corrected chi connectivity index (χ2v) is 9.06. The van der Waals surface area contributed by atoms with Crippen LogP contribution < -0.4 is 0 Å². The minimum absolute atomic E-state index is 0.0114. The molecule has 0 atom stereocenters. The Morgan fingerprint density at radius 3 is 1.67 bits per heavy atom. The molecule has 0 bridgehead atoms. The molecule has 0 heterocycles. The van der Waals surface area contributed by atoms with Gasteiger partial charge < -0.3 is 13.3 Å². The summed E-state index contributed by atoms with van der Waals surface area (Å²) in [7, 11) is -3.94. The largest absolute Gasteiger partial charge is 0.705 e. The smallest absolute Gasteiger partial charge is 0.455 e. The van der Waals surface area contributed by atoms with Crippen molar-refractivity contribution in [3.63, 3.8) is 0 Å². The molecule has 0 aliphatic heterocycles. The van der Waals surface area contributed by atoms with Gasteiger partial charge in [0.1, 0.15) is 5.82 Å². The Bertz CT molecular complexity index is 711. The third-order valence-electron chi connectivity index (χ3n) is 4.19. The van der Waals surface area contributed by atoms with Gasteiger partial charge in [0.05, 0.1) is 6.04 Å². The van der Waals surface area contributed by atoms with Crippen molar-refractivity contribution in [1.29, 1.82) is 0 Å². The molecule has 0 amide bonds. The summed E-state index contributed by atoms with van der Waals surface area (Å²) in [5.74, 6) is -5.17. The fourth-order valence-corrected chi connectivity index (χ4v) is 5.13. The minimum Gasteiger partial charge on any atom is -0.455 e. The maximum absolute atomic E-state index is 13.7. The molecule has 0 saturated heterocycles. The van der Waals surface area contributed by atoms with Gasteiger partial charge in [0.25, 0.3) is 17.9 Å². The summed E-state index contributed by atoms with van der Waals surface area (Å²) in [6.45, 7) is 4.67. The molecule has 1 aromatic carbocycles. The van der Waals surface area contributed by atoms with Crippen molar-refractivity contribution in [1.82, 2.24) is 0 Å². The third-order valence-corrected chi connectivity index (χ3v) is 6.77. The average molecular weight is 449 g/mol. The number of hydrogen-bond acceptors (Lipinski definition) is 6. The lowest BCUT2D eigenvalue weighted by Crippen LogP contribution is -2.50. The Morgan fingerprint density at radius 1 is 0.733 bits per heavy atom. The van der Waals surface area contributed by atoms with Crippen LogP contribution in [0, 0.1) is 17.5 Å². The zero-order valence-electron chi connectivity index (χ0n) is 17.4. The third kappa shape index (κ3) is 8.17. The van der Waals surface area contributed by atoms with Gasteiger partial charge in [-0.1, -0.05) is 27.2 Å². The van der Waals surface area contributed by atoms with Gasteiger partial charge in [-0.3, -0.25) is 14.4 Å². The molecule has 10 heteroatoms. The number of carbonyl (C=O) groups is 3. The van der Waals surface area contributed by atoms with E-state index in [2.05, 4.69) is 0 Å². The Hall–Kier alpha value is -2.36. The van der Waals surface area contributed by atoms with Crippen LogP contribution in [0.5, 0.6) is 0 Å². The second kappa shape index (κ2) is 12.4.